The van der Waals surface area contributed by atoms with Gasteiger partial charge in [-0.2, -0.15) is 0 Å². The second-order valence-electron chi connectivity index (χ2n) is 2.18. The maximum absolute atomic E-state index is 2.18. The predicted molar refractivity (Wildman–Crippen MR) is 45.8 cm³/mol. The van der Waals surface area contributed by atoms with Crippen LogP contribution in [0.1, 0.15) is 12.8 Å². The van der Waals surface area contributed by atoms with Gasteiger partial charge < -0.3 is 0 Å². The molecule has 0 aromatic rings. The monoisotopic (exact) mass is 132 g/mol. The maximum atomic E-state index is 2.18. The van der Waals surface area contributed by atoms with Gasteiger partial charge in [0.1, 0.15) is 0 Å². The first-order chi connectivity index (χ1) is 5.00. The predicted octanol–water partition coefficient (Wildman–Crippen LogP) is 3.01. The quantitative estimate of drug-likeness (QED) is 0.444. The van der Waals surface area contributed by atoms with Crippen molar-refractivity contribution in [3.63, 3.8) is 0 Å². The highest BCUT2D eigenvalue weighted by molar-refractivity contribution is 5.14. The summed E-state index contributed by atoms with van der Waals surface area (Å²) in [5.74, 6) is 0. The summed E-state index contributed by atoms with van der Waals surface area (Å²) >= 11 is 0. The van der Waals surface area contributed by atoms with Gasteiger partial charge in [0.25, 0.3) is 0 Å². The summed E-state index contributed by atoms with van der Waals surface area (Å²) in [7, 11) is 0. The molecule has 0 nitrogen and oxygen atoms in total. The van der Waals surface area contributed by atoms with Crippen LogP contribution in [0.2, 0.25) is 0 Å². The lowest BCUT2D eigenvalue weighted by molar-refractivity contribution is 1.31. The molecule has 0 amide bonds. The van der Waals surface area contributed by atoms with Crippen molar-refractivity contribution in [3.05, 3.63) is 48.6 Å². The van der Waals surface area contributed by atoms with Crippen LogP contribution in [0.3, 0.4) is 0 Å². The van der Waals surface area contributed by atoms with Crippen LogP contribution in [0.5, 0.6) is 0 Å². The largest absolute Gasteiger partial charge is 0.0844 e. The molecular weight excluding hydrogens is 120 g/mol. The molecule has 1 rings (SSSR count). The van der Waals surface area contributed by atoms with E-state index in [1.165, 1.54) is 0 Å². The fourth-order valence-electron chi connectivity index (χ4n) is 0.792. The number of hydrogen-bond donors (Lipinski definition) is 0. The number of rotatable bonds is 0. The molecule has 0 heterocycles. The summed E-state index contributed by atoms with van der Waals surface area (Å²) in [4.78, 5) is 0. The summed E-state index contributed by atoms with van der Waals surface area (Å²) in [6, 6.07) is 0. The molecule has 0 saturated heterocycles. The lowest BCUT2D eigenvalue weighted by Gasteiger charge is -1.84. The highest BCUT2D eigenvalue weighted by Crippen LogP contribution is 1.94. The Labute approximate surface area is 62.3 Å². The molecular formula is C10H12. The first-order valence-electron chi connectivity index (χ1n) is 3.63. The minimum Gasteiger partial charge on any atom is -0.0844 e. The van der Waals surface area contributed by atoms with Gasteiger partial charge in [0.05, 0.1) is 0 Å². The first-order valence-corrected chi connectivity index (χ1v) is 3.63. The topological polar surface area (TPSA) is 0 Å². The van der Waals surface area contributed by atoms with Crippen molar-refractivity contribution in [2.75, 3.05) is 0 Å². The van der Waals surface area contributed by atoms with Crippen LogP contribution in [0.4, 0.5) is 0 Å². The second kappa shape index (κ2) is 4.80. The molecule has 0 fully saturated rings. The van der Waals surface area contributed by atoms with E-state index in [1.807, 2.05) is 0 Å². The van der Waals surface area contributed by atoms with Crippen LogP contribution >= 0.6 is 0 Å². The van der Waals surface area contributed by atoms with E-state index >= 15 is 0 Å². The average Bonchev–Trinajstić information content (AvgIpc) is 2.01. The highest BCUT2D eigenvalue weighted by atomic mass is 13.8. The standard InChI is InChI=1S/C10H12/c1-2-4-6-8-10-9-7-5-3-1/h1-6,9-10H,7-8H2/b2-1+,5-3-,6-4+,10-9+. The Hall–Kier alpha value is -1.04. The lowest BCUT2D eigenvalue weighted by Crippen LogP contribution is -1.62. The third-order valence-electron chi connectivity index (χ3n) is 1.32. The van der Waals surface area contributed by atoms with Crippen molar-refractivity contribution >= 4 is 0 Å². The molecule has 0 N–H and O–H groups in total. The Bertz CT molecular complexity index is 160. The molecule has 0 spiro atoms. The minimum atomic E-state index is 1.05. The Kier molecular flexibility index (Phi) is 3.40. The zero-order valence-electron chi connectivity index (χ0n) is 6.03. The summed E-state index contributed by atoms with van der Waals surface area (Å²) in [6.07, 6.45) is 19.0. The molecule has 1 aliphatic carbocycles. The molecule has 0 saturated carbocycles. The van der Waals surface area contributed by atoms with Gasteiger partial charge >= 0.3 is 0 Å². The first kappa shape index (κ1) is 7.07. The molecule has 0 aromatic carbocycles. The third kappa shape index (κ3) is 3.08. The molecule has 52 valence electrons. The number of hydrogen-bond acceptors (Lipinski definition) is 0. The smallest absolute Gasteiger partial charge is 0.0166 e. The van der Waals surface area contributed by atoms with E-state index < -0.39 is 0 Å². The summed E-state index contributed by atoms with van der Waals surface area (Å²) < 4.78 is 0. The fourth-order valence-corrected chi connectivity index (χ4v) is 0.792. The molecule has 0 radical (unpaired) electrons. The molecule has 0 heteroatoms. The Balaban J connectivity index is 2.51. The van der Waals surface area contributed by atoms with Gasteiger partial charge in [-0.05, 0) is 12.8 Å². The van der Waals surface area contributed by atoms with Gasteiger partial charge in [0.2, 0.25) is 0 Å². The van der Waals surface area contributed by atoms with Crippen molar-refractivity contribution in [1.29, 1.82) is 0 Å². The zero-order valence-corrected chi connectivity index (χ0v) is 6.03. The molecule has 0 bridgehead atoms. The van der Waals surface area contributed by atoms with Gasteiger partial charge in [-0.15, -0.1) is 0 Å². The van der Waals surface area contributed by atoms with E-state index in [9.17, 15) is 0 Å². The van der Waals surface area contributed by atoms with E-state index in [0.717, 1.165) is 12.8 Å². The normalized spacial score (nSPS) is 30.4. The van der Waals surface area contributed by atoms with E-state index in [1.54, 1.807) is 0 Å². The van der Waals surface area contributed by atoms with Gasteiger partial charge in [-0.1, -0.05) is 48.6 Å². The third-order valence-corrected chi connectivity index (χ3v) is 1.32. The Morgan fingerprint density at radius 2 is 1.00 bits per heavy atom. The van der Waals surface area contributed by atoms with Crippen molar-refractivity contribution in [2.45, 2.75) is 12.8 Å². The fraction of sp³-hybridized carbons (Fsp3) is 0.200. The van der Waals surface area contributed by atoms with Crippen molar-refractivity contribution < 1.29 is 0 Å². The SMILES string of the molecule is C1=C\C/C=C/C/C=C/C=C/1. The van der Waals surface area contributed by atoms with E-state index in [0.29, 0.717) is 0 Å². The molecule has 0 atom stereocenters. The second-order valence-corrected chi connectivity index (χ2v) is 2.18. The van der Waals surface area contributed by atoms with Gasteiger partial charge in [-0.25, -0.2) is 0 Å². The van der Waals surface area contributed by atoms with Crippen LogP contribution in [0.25, 0.3) is 0 Å². The van der Waals surface area contributed by atoms with Crippen LogP contribution in [0, 0.1) is 0 Å². The minimum absolute atomic E-state index is 1.05. The molecule has 1 aliphatic rings. The Morgan fingerprint density at radius 1 is 0.500 bits per heavy atom. The van der Waals surface area contributed by atoms with Crippen LogP contribution in [-0.4, -0.2) is 0 Å². The van der Waals surface area contributed by atoms with Gasteiger partial charge in [0, 0.05) is 0 Å². The van der Waals surface area contributed by atoms with Crippen molar-refractivity contribution in [3.8, 4) is 0 Å². The van der Waals surface area contributed by atoms with E-state index in [2.05, 4.69) is 48.6 Å². The summed E-state index contributed by atoms with van der Waals surface area (Å²) in [6.45, 7) is 0. The van der Waals surface area contributed by atoms with Gasteiger partial charge in [0.15, 0.2) is 0 Å². The molecule has 0 aromatic heterocycles. The Morgan fingerprint density at radius 3 is 1.50 bits per heavy atom. The summed E-state index contributed by atoms with van der Waals surface area (Å²) in [5, 5.41) is 0. The van der Waals surface area contributed by atoms with E-state index in [4.69, 9.17) is 0 Å². The number of allylic oxidation sites excluding steroid dienone is 8. The maximum Gasteiger partial charge on any atom is -0.0166 e. The highest BCUT2D eigenvalue weighted by Gasteiger charge is 1.73. The van der Waals surface area contributed by atoms with E-state index in [-0.39, 0.29) is 0 Å². The molecule has 10 heavy (non-hydrogen) atoms. The lowest BCUT2D eigenvalue weighted by atomic mass is 10.2. The van der Waals surface area contributed by atoms with Crippen LogP contribution in [0.15, 0.2) is 48.6 Å². The van der Waals surface area contributed by atoms with Crippen LogP contribution < -0.4 is 0 Å². The van der Waals surface area contributed by atoms with Gasteiger partial charge in [-0.3, -0.25) is 0 Å². The molecule has 0 aliphatic heterocycles. The summed E-state index contributed by atoms with van der Waals surface area (Å²) in [5.41, 5.74) is 0. The van der Waals surface area contributed by atoms with Crippen molar-refractivity contribution in [1.82, 2.24) is 0 Å². The molecule has 0 unspecified atom stereocenters. The average molecular weight is 132 g/mol. The zero-order chi connectivity index (χ0) is 7.07. The van der Waals surface area contributed by atoms with Crippen LogP contribution in [-0.2, 0) is 0 Å². The van der Waals surface area contributed by atoms with Crippen molar-refractivity contribution in [2.24, 2.45) is 0 Å².